The average molecular weight is 284 g/mol. The third-order valence-corrected chi connectivity index (χ3v) is 2.72. The maximum atomic E-state index is 9.73. The minimum absolute atomic E-state index is 0.0736. The largest absolute Gasteiger partial charge is 0.493 e. The molecular formula is C15H24O5. The highest BCUT2D eigenvalue weighted by Crippen LogP contribution is 2.30. The van der Waals surface area contributed by atoms with Crippen molar-refractivity contribution >= 4 is 0 Å². The molecule has 0 spiro atoms. The van der Waals surface area contributed by atoms with E-state index in [0.717, 1.165) is 5.56 Å². The van der Waals surface area contributed by atoms with E-state index < -0.39 is 12.2 Å². The molecule has 5 nitrogen and oxygen atoms in total. The predicted molar refractivity (Wildman–Crippen MR) is 76.2 cm³/mol. The van der Waals surface area contributed by atoms with Crippen LogP contribution in [0, 0.1) is 0 Å². The molecule has 114 valence electrons. The number of methoxy groups -OCH3 is 1. The molecule has 0 fully saturated rings. The van der Waals surface area contributed by atoms with Gasteiger partial charge in [0.1, 0.15) is 12.7 Å². The van der Waals surface area contributed by atoms with Crippen LogP contribution >= 0.6 is 0 Å². The van der Waals surface area contributed by atoms with Gasteiger partial charge >= 0.3 is 0 Å². The number of hydrogen-bond donors (Lipinski definition) is 2. The Morgan fingerprint density at radius 1 is 1.05 bits per heavy atom. The standard InChI is InChI=1S/C15H24O5/c1-10(2)19-8-13(17)9-20-14-6-5-12(11(3)16)7-15(14)18-4/h5-7,10-11,13,16-17H,8-9H2,1-4H3. The van der Waals surface area contributed by atoms with E-state index in [-0.39, 0.29) is 19.3 Å². The van der Waals surface area contributed by atoms with E-state index in [9.17, 15) is 10.2 Å². The Labute approximate surface area is 120 Å². The van der Waals surface area contributed by atoms with Gasteiger partial charge in [-0.2, -0.15) is 0 Å². The molecule has 0 aliphatic rings. The molecule has 0 bridgehead atoms. The molecule has 5 heteroatoms. The van der Waals surface area contributed by atoms with Crippen molar-refractivity contribution in [2.45, 2.75) is 39.1 Å². The van der Waals surface area contributed by atoms with Crippen LogP contribution in [0.4, 0.5) is 0 Å². The van der Waals surface area contributed by atoms with Gasteiger partial charge in [0.15, 0.2) is 11.5 Å². The number of aliphatic hydroxyl groups excluding tert-OH is 2. The molecule has 1 rings (SSSR count). The maximum absolute atomic E-state index is 9.73. The molecule has 0 amide bonds. The monoisotopic (exact) mass is 284 g/mol. The van der Waals surface area contributed by atoms with Gasteiger partial charge in [0.2, 0.25) is 0 Å². The lowest BCUT2D eigenvalue weighted by Gasteiger charge is -2.16. The van der Waals surface area contributed by atoms with Crippen molar-refractivity contribution in [2.24, 2.45) is 0 Å². The Kier molecular flexibility index (Phi) is 6.78. The molecular weight excluding hydrogens is 260 g/mol. The number of aliphatic hydroxyl groups is 2. The summed E-state index contributed by atoms with van der Waals surface area (Å²) in [6.07, 6.45) is -1.19. The molecule has 2 N–H and O–H groups in total. The van der Waals surface area contributed by atoms with Gasteiger partial charge in [0.05, 0.1) is 25.9 Å². The molecule has 1 aromatic carbocycles. The van der Waals surface area contributed by atoms with Gasteiger partial charge in [-0.3, -0.25) is 0 Å². The Morgan fingerprint density at radius 2 is 1.75 bits per heavy atom. The minimum atomic E-state index is -0.696. The minimum Gasteiger partial charge on any atom is -0.493 e. The van der Waals surface area contributed by atoms with E-state index in [0.29, 0.717) is 11.5 Å². The first-order valence-corrected chi connectivity index (χ1v) is 6.72. The predicted octanol–water partition coefficient (Wildman–Crippen LogP) is 1.91. The Morgan fingerprint density at radius 3 is 2.30 bits per heavy atom. The maximum Gasteiger partial charge on any atom is 0.161 e. The van der Waals surface area contributed by atoms with E-state index in [1.807, 2.05) is 13.8 Å². The molecule has 0 saturated carbocycles. The zero-order valence-corrected chi connectivity index (χ0v) is 12.5. The summed E-state index contributed by atoms with van der Waals surface area (Å²) in [5, 5.41) is 19.3. The fourth-order valence-corrected chi connectivity index (χ4v) is 1.60. The van der Waals surface area contributed by atoms with Gasteiger partial charge in [-0.25, -0.2) is 0 Å². The fraction of sp³-hybridized carbons (Fsp3) is 0.600. The van der Waals surface area contributed by atoms with Crippen LogP contribution in [0.3, 0.4) is 0 Å². The van der Waals surface area contributed by atoms with Gasteiger partial charge < -0.3 is 24.4 Å². The highest BCUT2D eigenvalue weighted by molar-refractivity contribution is 5.43. The lowest BCUT2D eigenvalue weighted by molar-refractivity contribution is -0.0125. The zero-order valence-electron chi connectivity index (χ0n) is 12.5. The first kappa shape index (κ1) is 16.8. The van der Waals surface area contributed by atoms with Crippen LogP contribution in [0.25, 0.3) is 0 Å². The first-order chi connectivity index (χ1) is 9.43. The first-order valence-electron chi connectivity index (χ1n) is 6.72. The van der Waals surface area contributed by atoms with Gasteiger partial charge in [0.25, 0.3) is 0 Å². The second kappa shape index (κ2) is 8.09. The van der Waals surface area contributed by atoms with E-state index in [2.05, 4.69) is 0 Å². The van der Waals surface area contributed by atoms with Gasteiger partial charge in [0, 0.05) is 0 Å². The van der Waals surface area contributed by atoms with Gasteiger partial charge in [-0.1, -0.05) is 6.07 Å². The van der Waals surface area contributed by atoms with Crippen molar-refractivity contribution in [3.05, 3.63) is 23.8 Å². The fourth-order valence-electron chi connectivity index (χ4n) is 1.60. The Hall–Kier alpha value is -1.30. The van der Waals surface area contributed by atoms with Crippen LogP contribution in [0.2, 0.25) is 0 Å². The summed E-state index contributed by atoms with van der Waals surface area (Å²) in [4.78, 5) is 0. The summed E-state index contributed by atoms with van der Waals surface area (Å²) in [5.41, 5.74) is 0.748. The lowest BCUT2D eigenvalue weighted by Crippen LogP contribution is -2.25. The van der Waals surface area contributed by atoms with Crippen LogP contribution in [-0.2, 0) is 4.74 Å². The van der Waals surface area contributed by atoms with Crippen molar-refractivity contribution in [2.75, 3.05) is 20.3 Å². The van der Waals surface area contributed by atoms with Crippen molar-refractivity contribution < 1.29 is 24.4 Å². The smallest absolute Gasteiger partial charge is 0.161 e. The van der Waals surface area contributed by atoms with Crippen LogP contribution in [-0.4, -0.2) is 42.7 Å². The molecule has 2 atom stereocenters. The molecule has 0 aromatic heterocycles. The summed E-state index contributed by atoms with van der Waals surface area (Å²) in [5.74, 6) is 1.06. The van der Waals surface area contributed by atoms with E-state index in [1.54, 1.807) is 25.1 Å². The summed E-state index contributed by atoms with van der Waals surface area (Å²) in [7, 11) is 1.53. The highest BCUT2D eigenvalue weighted by atomic mass is 16.5. The summed E-state index contributed by atoms with van der Waals surface area (Å²) < 4.78 is 16.0. The van der Waals surface area contributed by atoms with Crippen molar-refractivity contribution in [1.82, 2.24) is 0 Å². The molecule has 0 saturated heterocycles. The van der Waals surface area contributed by atoms with Crippen LogP contribution < -0.4 is 9.47 Å². The Bertz CT molecular complexity index is 403. The SMILES string of the molecule is COc1cc(C(C)O)ccc1OCC(O)COC(C)C. The van der Waals surface area contributed by atoms with Crippen LogP contribution in [0.5, 0.6) is 11.5 Å². The molecule has 2 unspecified atom stereocenters. The third-order valence-electron chi connectivity index (χ3n) is 2.72. The molecule has 0 heterocycles. The second-order valence-electron chi connectivity index (χ2n) is 4.93. The van der Waals surface area contributed by atoms with Crippen LogP contribution in [0.1, 0.15) is 32.4 Å². The number of benzene rings is 1. The van der Waals surface area contributed by atoms with Crippen molar-refractivity contribution in [3.63, 3.8) is 0 Å². The molecule has 0 aliphatic heterocycles. The third kappa shape index (κ3) is 5.36. The molecule has 0 aliphatic carbocycles. The van der Waals surface area contributed by atoms with Crippen molar-refractivity contribution in [1.29, 1.82) is 0 Å². The quantitative estimate of drug-likeness (QED) is 0.763. The van der Waals surface area contributed by atoms with E-state index in [4.69, 9.17) is 14.2 Å². The summed E-state index contributed by atoms with van der Waals surface area (Å²) in [6.45, 7) is 5.85. The topological polar surface area (TPSA) is 68.2 Å². The Balaban J connectivity index is 2.59. The van der Waals surface area contributed by atoms with E-state index in [1.165, 1.54) is 7.11 Å². The van der Waals surface area contributed by atoms with Gasteiger partial charge in [-0.05, 0) is 38.5 Å². The van der Waals surface area contributed by atoms with Crippen molar-refractivity contribution in [3.8, 4) is 11.5 Å². The molecule has 0 radical (unpaired) electrons. The number of rotatable bonds is 8. The molecule has 1 aromatic rings. The zero-order chi connectivity index (χ0) is 15.1. The second-order valence-corrected chi connectivity index (χ2v) is 4.93. The summed E-state index contributed by atoms with van der Waals surface area (Å²) in [6, 6.07) is 5.20. The number of hydrogen-bond acceptors (Lipinski definition) is 5. The van der Waals surface area contributed by atoms with Gasteiger partial charge in [-0.15, -0.1) is 0 Å². The normalized spacial score (nSPS) is 14.2. The van der Waals surface area contributed by atoms with Crippen LogP contribution in [0.15, 0.2) is 18.2 Å². The summed E-state index contributed by atoms with van der Waals surface area (Å²) >= 11 is 0. The highest BCUT2D eigenvalue weighted by Gasteiger charge is 2.11. The lowest BCUT2D eigenvalue weighted by atomic mass is 10.1. The average Bonchev–Trinajstić information content (AvgIpc) is 2.42. The molecule has 20 heavy (non-hydrogen) atoms. The van der Waals surface area contributed by atoms with E-state index >= 15 is 0 Å². The number of ether oxygens (including phenoxy) is 3.